The molecule has 3 rings (SSSR count). The Bertz CT molecular complexity index is 711. The number of benzene rings is 1. The number of nitrogens with zero attached hydrogens (tertiary/aromatic N) is 2. The molecule has 0 unspecified atom stereocenters. The average molecular weight is 331 g/mol. The molecule has 2 heterocycles. The summed E-state index contributed by atoms with van der Waals surface area (Å²) in [4.78, 5) is 18.5. The number of hydrogen-bond donors (Lipinski definition) is 1. The van der Waals surface area contributed by atoms with Crippen molar-refractivity contribution in [3.63, 3.8) is 0 Å². The second-order valence-corrected chi connectivity index (χ2v) is 5.89. The van der Waals surface area contributed by atoms with E-state index in [9.17, 15) is 13.6 Å². The van der Waals surface area contributed by atoms with E-state index < -0.39 is 11.6 Å². The van der Waals surface area contributed by atoms with Crippen LogP contribution in [-0.4, -0.2) is 28.9 Å². The Morgan fingerprint density at radius 3 is 2.42 bits per heavy atom. The highest BCUT2D eigenvalue weighted by Gasteiger charge is 2.18. The second kappa shape index (κ2) is 7.38. The highest BCUT2D eigenvalue weighted by atomic mass is 19.1. The number of likely N-dealkylation sites (tertiary alicyclic amines) is 1. The standard InChI is InChI=1S/C18H19F2N3O/c19-13-5-7-16(15(20)11-13)22-14-6-8-17(21-12-14)18(24)23-9-3-1-2-4-10-23/h5-8,11-12,22H,1-4,9-10H2. The molecule has 1 aliphatic heterocycles. The molecule has 1 N–H and O–H groups in total. The van der Waals surface area contributed by atoms with E-state index in [2.05, 4.69) is 10.3 Å². The number of carbonyl (C=O) groups is 1. The van der Waals surface area contributed by atoms with Gasteiger partial charge in [0.15, 0.2) is 0 Å². The predicted molar refractivity (Wildman–Crippen MR) is 88.2 cm³/mol. The molecule has 1 aromatic carbocycles. The van der Waals surface area contributed by atoms with Crippen LogP contribution in [0.5, 0.6) is 0 Å². The molecule has 0 spiro atoms. The zero-order chi connectivity index (χ0) is 16.9. The van der Waals surface area contributed by atoms with Gasteiger partial charge in [-0.15, -0.1) is 0 Å². The van der Waals surface area contributed by atoms with Crippen LogP contribution < -0.4 is 5.32 Å². The van der Waals surface area contributed by atoms with Gasteiger partial charge in [0.25, 0.3) is 5.91 Å². The minimum atomic E-state index is -0.681. The first-order valence-corrected chi connectivity index (χ1v) is 8.11. The van der Waals surface area contributed by atoms with Crippen LogP contribution in [0.25, 0.3) is 0 Å². The number of rotatable bonds is 3. The van der Waals surface area contributed by atoms with Crippen molar-refractivity contribution in [2.75, 3.05) is 18.4 Å². The van der Waals surface area contributed by atoms with Gasteiger partial charge in [0.05, 0.1) is 17.6 Å². The molecule has 6 heteroatoms. The minimum absolute atomic E-state index is 0.0728. The number of nitrogens with one attached hydrogen (secondary N) is 1. The van der Waals surface area contributed by atoms with Crippen molar-refractivity contribution in [1.82, 2.24) is 9.88 Å². The van der Waals surface area contributed by atoms with E-state index in [1.54, 1.807) is 12.1 Å². The summed E-state index contributed by atoms with van der Waals surface area (Å²) >= 11 is 0. The summed E-state index contributed by atoms with van der Waals surface area (Å²) in [7, 11) is 0. The number of aromatic nitrogens is 1. The molecule has 24 heavy (non-hydrogen) atoms. The van der Waals surface area contributed by atoms with Crippen molar-refractivity contribution < 1.29 is 13.6 Å². The van der Waals surface area contributed by atoms with Crippen molar-refractivity contribution in [3.05, 3.63) is 53.9 Å². The van der Waals surface area contributed by atoms with E-state index in [0.29, 0.717) is 11.4 Å². The molecule has 2 aromatic rings. The number of anilines is 2. The summed E-state index contributed by atoms with van der Waals surface area (Å²) in [6.45, 7) is 1.53. The zero-order valence-electron chi connectivity index (χ0n) is 13.3. The van der Waals surface area contributed by atoms with Gasteiger partial charge in [-0.3, -0.25) is 4.79 Å². The third kappa shape index (κ3) is 3.88. The van der Waals surface area contributed by atoms with Crippen LogP contribution in [0.15, 0.2) is 36.5 Å². The molecule has 1 fully saturated rings. The molecule has 1 saturated heterocycles. The largest absolute Gasteiger partial charge is 0.352 e. The van der Waals surface area contributed by atoms with Gasteiger partial charge in [-0.05, 0) is 37.1 Å². The Morgan fingerprint density at radius 1 is 1.04 bits per heavy atom. The predicted octanol–water partition coefficient (Wildman–Crippen LogP) is 4.12. The Hall–Kier alpha value is -2.50. The van der Waals surface area contributed by atoms with E-state index in [-0.39, 0.29) is 11.6 Å². The lowest BCUT2D eigenvalue weighted by Crippen LogP contribution is -2.32. The number of carbonyl (C=O) groups excluding carboxylic acids is 1. The summed E-state index contributed by atoms with van der Waals surface area (Å²) in [5.41, 5.74) is 1.07. The summed E-state index contributed by atoms with van der Waals surface area (Å²) in [6, 6.07) is 6.60. The highest BCUT2D eigenvalue weighted by molar-refractivity contribution is 5.92. The topological polar surface area (TPSA) is 45.2 Å². The van der Waals surface area contributed by atoms with Gasteiger partial charge in [-0.1, -0.05) is 12.8 Å². The van der Waals surface area contributed by atoms with Gasteiger partial charge in [-0.2, -0.15) is 0 Å². The van der Waals surface area contributed by atoms with E-state index in [1.807, 2.05) is 4.90 Å². The van der Waals surface area contributed by atoms with Gasteiger partial charge in [0, 0.05) is 19.2 Å². The molecule has 0 bridgehead atoms. The quantitative estimate of drug-likeness (QED) is 0.920. The van der Waals surface area contributed by atoms with Gasteiger partial charge < -0.3 is 10.2 Å². The maximum atomic E-state index is 13.6. The molecular formula is C18H19F2N3O. The lowest BCUT2D eigenvalue weighted by molar-refractivity contribution is 0.0756. The lowest BCUT2D eigenvalue weighted by Gasteiger charge is -2.19. The molecule has 0 aliphatic carbocycles. The Kier molecular flexibility index (Phi) is 5.03. The minimum Gasteiger partial charge on any atom is -0.352 e. The van der Waals surface area contributed by atoms with Crippen molar-refractivity contribution in [1.29, 1.82) is 0 Å². The molecule has 1 aromatic heterocycles. The summed E-state index contributed by atoms with van der Waals surface area (Å²) in [5.74, 6) is -1.38. The van der Waals surface area contributed by atoms with Gasteiger partial charge >= 0.3 is 0 Å². The fourth-order valence-electron chi connectivity index (χ4n) is 2.78. The maximum Gasteiger partial charge on any atom is 0.272 e. The van der Waals surface area contributed by atoms with Crippen molar-refractivity contribution in [2.45, 2.75) is 25.7 Å². The highest BCUT2D eigenvalue weighted by Crippen LogP contribution is 2.20. The van der Waals surface area contributed by atoms with Crippen LogP contribution in [-0.2, 0) is 0 Å². The first-order valence-electron chi connectivity index (χ1n) is 8.11. The SMILES string of the molecule is O=C(c1ccc(Nc2ccc(F)cc2F)cn1)N1CCCCCC1. The van der Waals surface area contributed by atoms with Crippen molar-refractivity contribution in [2.24, 2.45) is 0 Å². The van der Waals surface area contributed by atoms with E-state index in [1.165, 1.54) is 18.3 Å². The monoisotopic (exact) mass is 331 g/mol. The molecule has 1 aliphatic rings. The number of amides is 1. The Labute approximate surface area is 139 Å². The second-order valence-electron chi connectivity index (χ2n) is 5.89. The molecule has 0 radical (unpaired) electrons. The van der Waals surface area contributed by atoms with Crippen LogP contribution >= 0.6 is 0 Å². The molecular weight excluding hydrogens is 312 g/mol. The number of hydrogen-bond acceptors (Lipinski definition) is 3. The van der Waals surface area contributed by atoms with Crippen LogP contribution in [0, 0.1) is 11.6 Å². The summed E-state index contributed by atoms with van der Waals surface area (Å²) in [5, 5.41) is 2.83. The smallest absolute Gasteiger partial charge is 0.272 e. The third-order valence-corrected chi connectivity index (χ3v) is 4.09. The fraction of sp³-hybridized carbons (Fsp3) is 0.333. The Balaban J connectivity index is 1.69. The van der Waals surface area contributed by atoms with Crippen LogP contribution in [0.3, 0.4) is 0 Å². The van der Waals surface area contributed by atoms with Crippen molar-refractivity contribution >= 4 is 17.3 Å². The zero-order valence-corrected chi connectivity index (χ0v) is 13.3. The number of pyridine rings is 1. The Morgan fingerprint density at radius 2 is 1.79 bits per heavy atom. The number of halogens is 2. The first-order chi connectivity index (χ1) is 11.6. The van der Waals surface area contributed by atoms with Crippen LogP contribution in [0.4, 0.5) is 20.2 Å². The summed E-state index contributed by atoms with van der Waals surface area (Å²) in [6.07, 6.45) is 5.84. The fourth-order valence-corrected chi connectivity index (χ4v) is 2.78. The molecule has 126 valence electrons. The van der Waals surface area contributed by atoms with E-state index >= 15 is 0 Å². The van der Waals surface area contributed by atoms with Gasteiger partial charge in [0.1, 0.15) is 17.3 Å². The van der Waals surface area contributed by atoms with E-state index in [4.69, 9.17) is 0 Å². The molecule has 0 atom stereocenters. The van der Waals surface area contributed by atoms with Gasteiger partial charge in [0.2, 0.25) is 0 Å². The average Bonchev–Trinajstić information content (AvgIpc) is 2.87. The van der Waals surface area contributed by atoms with Crippen LogP contribution in [0.1, 0.15) is 36.2 Å². The first kappa shape index (κ1) is 16.4. The van der Waals surface area contributed by atoms with Crippen molar-refractivity contribution in [3.8, 4) is 0 Å². The summed E-state index contributed by atoms with van der Waals surface area (Å²) < 4.78 is 26.6. The molecule has 1 amide bonds. The lowest BCUT2D eigenvalue weighted by atomic mass is 10.2. The maximum absolute atomic E-state index is 13.6. The van der Waals surface area contributed by atoms with Crippen LogP contribution in [0.2, 0.25) is 0 Å². The molecule has 0 saturated carbocycles. The van der Waals surface area contributed by atoms with E-state index in [0.717, 1.165) is 44.8 Å². The normalized spacial score (nSPS) is 15.0. The third-order valence-electron chi connectivity index (χ3n) is 4.09. The molecule has 4 nitrogen and oxygen atoms in total. The van der Waals surface area contributed by atoms with Gasteiger partial charge in [-0.25, -0.2) is 13.8 Å².